The van der Waals surface area contributed by atoms with Gasteiger partial charge in [0.15, 0.2) is 5.78 Å². The SMILES string of the molecule is CCCC1CCC(CCc2ccc(C(=O)CCN(C)C)cc2)CC1. The van der Waals surface area contributed by atoms with E-state index in [-0.39, 0.29) is 5.78 Å². The molecule has 134 valence electrons. The molecule has 0 radical (unpaired) electrons. The van der Waals surface area contributed by atoms with Crippen LogP contribution in [0, 0.1) is 11.8 Å². The van der Waals surface area contributed by atoms with Crippen molar-refractivity contribution < 1.29 is 4.79 Å². The van der Waals surface area contributed by atoms with Crippen molar-refractivity contribution in [1.29, 1.82) is 0 Å². The number of carbonyl (C=O) groups excluding carboxylic acids is 1. The lowest BCUT2D eigenvalue weighted by Gasteiger charge is -2.28. The van der Waals surface area contributed by atoms with Gasteiger partial charge in [-0.3, -0.25) is 4.79 Å². The van der Waals surface area contributed by atoms with E-state index in [0.29, 0.717) is 6.42 Å². The topological polar surface area (TPSA) is 20.3 Å². The standard InChI is InChI=1S/C22H35NO/c1-4-5-18-6-8-19(9-7-18)10-11-20-12-14-21(15-13-20)22(24)16-17-23(2)3/h12-15,18-19H,4-11,16-17H2,1-3H3. The first-order valence-electron chi connectivity index (χ1n) is 9.85. The Labute approximate surface area is 148 Å². The van der Waals surface area contributed by atoms with E-state index in [1.807, 2.05) is 26.2 Å². The number of hydrogen-bond donors (Lipinski definition) is 0. The van der Waals surface area contributed by atoms with Gasteiger partial charge in [-0.05, 0) is 44.3 Å². The minimum Gasteiger partial charge on any atom is -0.309 e. The third-order valence-corrected chi connectivity index (χ3v) is 5.57. The summed E-state index contributed by atoms with van der Waals surface area (Å²) in [5, 5.41) is 0. The first kappa shape index (κ1) is 19.2. The summed E-state index contributed by atoms with van der Waals surface area (Å²) < 4.78 is 0. The average molecular weight is 330 g/mol. The summed E-state index contributed by atoms with van der Waals surface area (Å²) in [7, 11) is 4.01. The fourth-order valence-corrected chi connectivity index (χ4v) is 3.91. The number of Topliss-reactive ketones (excluding diaryl/α,β-unsaturated/α-hetero) is 1. The molecule has 2 heteroatoms. The van der Waals surface area contributed by atoms with Crippen LogP contribution in [-0.2, 0) is 6.42 Å². The summed E-state index contributed by atoms with van der Waals surface area (Å²) in [4.78, 5) is 14.2. The Morgan fingerprint density at radius 3 is 2.12 bits per heavy atom. The van der Waals surface area contributed by atoms with Crippen molar-refractivity contribution in [3.05, 3.63) is 35.4 Å². The van der Waals surface area contributed by atoms with Gasteiger partial charge in [-0.2, -0.15) is 0 Å². The van der Waals surface area contributed by atoms with E-state index >= 15 is 0 Å². The quantitative estimate of drug-likeness (QED) is 0.568. The maximum atomic E-state index is 12.1. The highest BCUT2D eigenvalue weighted by molar-refractivity contribution is 5.96. The van der Waals surface area contributed by atoms with E-state index in [2.05, 4.69) is 24.0 Å². The van der Waals surface area contributed by atoms with Crippen molar-refractivity contribution in [1.82, 2.24) is 4.90 Å². The molecule has 1 aromatic rings. The summed E-state index contributed by atoms with van der Waals surface area (Å²) in [6, 6.07) is 8.36. The van der Waals surface area contributed by atoms with Crippen LogP contribution in [0.2, 0.25) is 0 Å². The highest BCUT2D eigenvalue weighted by Crippen LogP contribution is 2.33. The van der Waals surface area contributed by atoms with Crippen LogP contribution in [0.5, 0.6) is 0 Å². The normalized spacial score (nSPS) is 21.2. The molecule has 1 fully saturated rings. The lowest BCUT2D eigenvalue weighted by Crippen LogP contribution is -2.16. The van der Waals surface area contributed by atoms with Crippen molar-refractivity contribution in [3.63, 3.8) is 0 Å². The predicted octanol–water partition coefficient (Wildman–Crippen LogP) is 5.36. The molecule has 0 aromatic heterocycles. The van der Waals surface area contributed by atoms with E-state index in [9.17, 15) is 4.79 Å². The molecule has 0 amide bonds. The van der Waals surface area contributed by atoms with Crippen LogP contribution in [0.4, 0.5) is 0 Å². The summed E-state index contributed by atoms with van der Waals surface area (Å²) in [6.07, 6.45) is 11.6. The van der Waals surface area contributed by atoms with Gasteiger partial charge in [0.1, 0.15) is 0 Å². The second-order valence-electron chi connectivity index (χ2n) is 7.89. The molecule has 1 aliphatic rings. The molecule has 0 saturated heterocycles. The lowest BCUT2D eigenvalue weighted by molar-refractivity contribution is 0.0972. The van der Waals surface area contributed by atoms with Crippen LogP contribution in [0.15, 0.2) is 24.3 Å². The largest absolute Gasteiger partial charge is 0.309 e. The number of nitrogens with zero attached hydrogens (tertiary/aromatic N) is 1. The molecule has 0 aliphatic heterocycles. The van der Waals surface area contributed by atoms with Crippen molar-refractivity contribution >= 4 is 5.78 Å². The highest BCUT2D eigenvalue weighted by atomic mass is 16.1. The van der Waals surface area contributed by atoms with Gasteiger partial charge in [-0.15, -0.1) is 0 Å². The van der Waals surface area contributed by atoms with Crippen LogP contribution in [0.3, 0.4) is 0 Å². The van der Waals surface area contributed by atoms with E-state index in [1.165, 1.54) is 50.5 Å². The van der Waals surface area contributed by atoms with Crippen molar-refractivity contribution in [3.8, 4) is 0 Å². The maximum absolute atomic E-state index is 12.1. The van der Waals surface area contributed by atoms with Gasteiger partial charge >= 0.3 is 0 Å². The molecule has 24 heavy (non-hydrogen) atoms. The molecule has 2 nitrogen and oxygen atoms in total. The van der Waals surface area contributed by atoms with Gasteiger partial charge in [-0.25, -0.2) is 0 Å². The zero-order valence-corrected chi connectivity index (χ0v) is 15.9. The molecular weight excluding hydrogens is 294 g/mol. The Morgan fingerprint density at radius 2 is 1.58 bits per heavy atom. The van der Waals surface area contributed by atoms with Crippen molar-refractivity contribution in [2.75, 3.05) is 20.6 Å². The molecule has 1 aliphatic carbocycles. The monoisotopic (exact) mass is 329 g/mol. The molecule has 0 unspecified atom stereocenters. The number of rotatable bonds is 9. The molecule has 0 heterocycles. The minimum absolute atomic E-state index is 0.254. The highest BCUT2D eigenvalue weighted by Gasteiger charge is 2.20. The predicted molar refractivity (Wildman–Crippen MR) is 103 cm³/mol. The number of carbonyl (C=O) groups is 1. The Balaban J connectivity index is 1.73. The minimum atomic E-state index is 0.254. The molecule has 0 N–H and O–H groups in total. The first-order valence-corrected chi connectivity index (χ1v) is 9.85. The van der Waals surface area contributed by atoms with Gasteiger partial charge in [-0.1, -0.05) is 69.7 Å². The van der Waals surface area contributed by atoms with Crippen LogP contribution in [-0.4, -0.2) is 31.3 Å². The Bertz CT molecular complexity index is 483. The zero-order valence-electron chi connectivity index (χ0n) is 15.9. The molecular formula is C22H35NO. The number of ketones is 1. The fraction of sp³-hybridized carbons (Fsp3) is 0.682. The lowest BCUT2D eigenvalue weighted by atomic mass is 9.78. The van der Waals surface area contributed by atoms with Gasteiger partial charge < -0.3 is 4.90 Å². The maximum Gasteiger partial charge on any atom is 0.164 e. The number of aryl methyl sites for hydroxylation is 1. The molecule has 2 rings (SSSR count). The third-order valence-electron chi connectivity index (χ3n) is 5.57. The van der Waals surface area contributed by atoms with Crippen molar-refractivity contribution in [2.45, 2.75) is 64.7 Å². The summed E-state index contributed by atoms with van der Waals surface area (Å²) in [5.41, 5.74) is 2.25. The van der Waals surface area contributed by atoms with Gasteiger partial charge in [0, 0.05) is 18.5 Å². The zero-order chi connectivity index (χ0) is 17.4. The van der Waals surface area contributed by atoms with Crippen LogP contribution in [0.25, 0.3) is 0 Å². The van der Waals surface area contributed by atoms with Crippen molar-refractivity contribution in [2.24, 2.45) is 11.8 Å². The third kappa shape index (κ3) is 6.39. The van der Waals surface area contributed by atoms with E-state index < -0.39 is 0 Å². The summed E-state index contributed by atoms with van der Waals surface area (Å²) in [6.45, 7) is 3.13. The van der Waals surface area contributed by atoms with E-state index in [4.69, 9.17) is 0 Å². The van der Waals surface area contributed by atoms with Gasteiger partial charge in [0.25, 0.3) is 0 Å². The Kier molecular flexibility index (Phi) is 7.98. The molecule has 0 bridgehead atoms. The first-order chi connectivity index (χ1) is 11.6. The van der Waals surface area contributed by atoms with Crippen LogP contribution < -0.4 is 0 Å². The van der Waals surface area contributed by atoms with Crippen LogP contribution >= 0.6 is 0 Å². The van der Waals surface area contributed by atoms with E-state index in [1.54, 1.807) is 0 Å². The Morgan fingerprint density at radius 1 is 1.00 bits per heavy atom. The molecule has 0 atom stereocenters. The smallest absolute Gasteiger partial charge is 0.164 e. The van der Waals surface area contributed by atoms with Gasteiger partial charge in [0.2, 0.25) is 0 Å². The number of hydrogen-bond acceptors (Lipinski definition) is 2. The Hall–Kier alpha value is -1.15. The second-order valence-corrected chi connectivity index (χ2v) is 7.89. The summed E-state index contributed by atoms with van der Waals surface area (Å²) in [5.74, 6) is 2.17. The molecule has 1 saturated carbocycles. The fourth-order valence-electron chi connectivity index (χ4n) is 3.91. The van der Waals surface area contributed by atoms with Gasteiger partial charge in [0.05, 0.1) is 0 Å². The average Bonchev–Trinajstić information content (AvgIpc) is 2.60. The summed E-state index contributed by atoms with van der Waals surface area (Å²) >= 11 is 0. The second kappa shape index (κ2) is 9.98. The molecule has 0 spiro atoms. The van der Waals surface area contributed by atoms with E-state index in [0.717, 1.165) is 30.4 Å². The van der Waals surface area contributed by atoms with Crippen LogP contribution in [0.1, 0.15) is 74.2 Å². The number of benzene rings is 1. The molecule has 1 aromatic carbocycles.